The summed E-state index contributed by atoms with van der Waals surface area (Å²) in [7, 11) is 1.74. The van der Waals surface area contributed by atoms with Gasteiger partial charge in [-0.3, -0.25) is 14.4 Å². The van der Waals surface area contributed by atoms with E-state index in [1.807, 2.05) is 11.8 Å². The molecule has 0 aliphatic carbocycles. The number of nitrogens with one attached hydrogen (secondary N) is 1. The van der Waals surface area contributed by atoms with Gasteiger partial charge in [0.05, 0.1) is 5.92 Å². The lowest BCUT2D eigenvalue weighted by Gasteiger charge is -2.33. The van der Waals surface area contributed by atoms with E-state index in [9.17, 15) is 19.5 Å². The van der Waals surface area contributed by atoms with Gasteiger partial charge in [0, 0.05) is 44.7 Å². The van der Waals surface area contributed by atoms with Crippen LogP contribution in [0.1, 0.15) is 48.0 Å². The molecule has 2 unspecified atom stereocenters. The van der Waals surface area contributed by atoms with Gasteiger partial charge in [0.1, 0.15) is 5.75 Å². The first-order chi connectivity index (χ1) is 13.3. The molecular formula is C21H29N3O4. The number of nitrogens with zero attached hydrogens (tertiary/aromatic N) is 2. The van der Waals surface area contributed by atoms with Crippen molar-refractivity contribution in [1.82, 2.24) is 15.1 Å². The molecule has 2 heterocycles. The predicted molar refractivity (Wildman–Crippen MR) is 105 cm³/mol. The molecule has 2 N–H and O–H groups in total. The minimum Gasteiger partial charge on any atom is -0.508 e. The number of hydrogen-bond donors (Lipinski definition) is 2. The van der Waals surface area contributed by atoms with Gasteiger partial charge in [-0.05, 0) is 56.4 Å². The zero-order valence-corrected chi connectivity index (χ0v) is 16.6. The topological polar surface area (TPSA) is 90.0 Å². The molecule has 2 saturated heterocycles. The Kier molecular flexibility index (Phi) is 6.21. The molecule has 7 heteroatoms. The molecule has 152 valence electrons. The zero-order chi connectivity index (χ0) is 20.3. The Labute approximate surface area is 165 Å². The number of amides is 3. The highest BCUT2D eigenvalue weighted by molar-refractivity contribution is 5.95. The standard InChI is InChI=1S/C21H29N3O4/c1-14-9-16(11-18(25)10-14)20(27)22-17-5-3-4-8-24(13-17)21(28)15-6-7-19(26)23(2)12-15/h9-11,15,17,25H,3-8,12-13H2,1-2H3,(H,22,27). The number of phenols is 1. The first kappa shape index (κ1) is 20.2. The summed E-state index contributed by atoms with van der Waals surface area (Å²) in [5, 5.41) is 12.8. The molecule has 3 amide bonds. The van der Waals surface area contributed by atoms with Crippen LogP contribution in [0, 0.1) is 12.8 Å². The minimum absolute atomic E-state index is 0.0683. The van der Waals surface area contributed by atoms with Gasteiger partial charge in [-0.25, -0.2) is 0 Å². The van der Waals surface area contributed by atoms with Crippen molar-refractivity contribution in [1.29, 1.82) is 0 Å². The predicted octanol–water partition coefficient (Wildman–Crippen LogP) is 1.68. The van der Waals surface area contributed by atoms with Crippen molar-refractivity contribution in [2.75, 3.05) is 26.7 Å². The van der Waals surface area contributed by atoms with Crippen LogP contribution < -0.4 is 5.32 Å². The highest BCUT2D eigenvalue weighted by Crippen LogP contribution is 2.21. The van der Waals surface area contributed by atoms with Gasteiger partial charge >= 0.3 is 0 Å². The van der Waals surface area contributed by atoms with E-state index in [1.165, 1.54) is 6.07 Å². The fraction of sp³-hybridized carbons (Fsp3) is 0.571. The van der Waals surface area contributed by atoms with Crippen molar-refractivity contribution in [2.24, 2.45) is 5.92 Å². The maximum absolute atomic E-state index is 13.0. The Morgan fingerprint density at radius 1 is 1.14 bits per heavy atom. The molecule has 3 rings (SSSR count). The van der Waals surface area contributed by atoms with Gasteiger partial charge in [0.25, 0.3) is 5.91 Å². The number of likely N-dealkylation sites (tertiary alicyclic amines) is 2. The minimum atomic E-state index is -0.235. The third-order valence-electron chi connectivity index (χ3n) is 5.62. The lowest BCUT2D eigenvalue weighted by Crippen LogP contribution is -2.49. The summed E-state index contributed by atoms with van der Waals surface area (Å²) in [5.41, 5.74) is 1.24. The molecule has 0 saturated carbocycles. The molecule has 0 aromatic heterocycles. The lowest BCUT2D eigenvalue weighted by atomic mass is 9.96. The molecule has 0 spiro atoms. The molecular weight excluding hydrogens is 358 g/mol. The van der Waals surface area contributed by atoms with Crippen molar-refractivity contribution in [3.8, 4) is 5.75 Å². The van der Waals surface area contributed by atoms with E-state index in [0.717, 1.165) is 24.8 Å². The second-order valence-electron chi connectivity index (χ2n) is 8.02. The maximum Gasteiger partial charge on any atom is 0.251 e. The molecule has 2 aliphatic heterocycles. The highest BCUT2D eigenvalue weighted by atomic mass is 16.3. The summed E-state index contributed by atoms with van der Waals surface area (Å²) < 4.78 is 0. The van der Waals surface area contributed by atoms with Crippen LogP contribution in [0.5, 0.6) is 5.75 Å². The zero-order valence-electron chi connectivity index (χ0n) is 16.6. The van der Waals surface area contributed by atoms with Gasteiger partial charge in [0.15, 0.2) is 0 Å². The Morgan fingerprint density at radius 2 is 1.93 bits per heavy atom. The molecule has 2 aliphatic rings. The van der Waals surface area contributed by atoms with Crippen molar-refractivity contribution in [2.45, 2.75) is 45.1 Å². The maximum atomic E-state index is 13.0. The van der Waals surface area contributed by atoms with Crippen LogP contribution >= 0.6 is 0 Å². The largest absolute Gasteiger partial charge is 0.508 e. The fourth-order valence-electron chi connectivity index (χ4n) is 4.09. The molecule has 0 bridgehead atoms. The quantitative estimate of drug-likeness (QED) is 0.826. The summed E-state index contributed by atoms with van der Waals surface area (Å²) in [6.45, 7) is 3.46. The number of aryl methyl sites for hydroxylation is 1. The number of phenolic OH excluding ortho intramolecular Hbond substituents is 1. The van der Waals surface area contributed by atoms with Crippen LogP contribution in [0.3, 0.4) is 0 Å². The average Bonchev–Trinajstić information content (AvgIpc) is 2.88. The molecule has 2 fully saturated rings. The van der Waals surface area contributed by atoms with Gasteiger partial charge in [-0.15, -0.1) is 0 Å². The van der Waals surface area contributed by atoms with E-state index in [4.69, 9.17) is 0 Å². The number of carbonyl (C=O) groups excluding carboxylic acids is 3. The van der Waals surface area contributed by atoms with Crippen molar-refractivity contribution in [3.63, 3.8) is 0 Å². The van der Waals surface area contributed by atoms with Crippen molar-refractivity contribution < 1.29 is 19.5 Å². The normalized spacial score (nSPS) is 23.3. The summed E-state index contributed by atoms with van der Waals surface area (Å²) in [5.74, 6) is -0.161. The molecule has 1 aromatic rings. The second kappa shape index (κ2) is 8.63. The Morgan fingerprint density at radius 3 is 2.64 bits per heavy atom. The molecule has 1 aromatic carbocycles. The van der Waals surface area contributed by atoms with Crippen LogP contribution in [0.25, 0.3) is 0 Å². The smallest absolute Gasteiger partial charge is 0.251 e. The van der Waals surface area contributed by atoms with Crippen molar-refractivity contribution in [3.05, 3.63) is 29.3 Å². The van der Waals surface area contributed by atoms with Crippen LogP contribution in [-0.2, 0) is 9.59 Å². The lowest BCUT2D eigenvalue weighted by molar-refractivity contribution is -0.142. The number of piperidine rings is 1. The van der Waals surface area contributed by atoms with E-state index in [-0.39, 0.29) is 35.4 Å². The summed E-state index contributed by atoms with van der Waals surface area (Å²) in [6.07, 6.45) is 3.67. The molecule has 0 radical (unpaired) electrons. The SMILES string of the molecule is Cc1cc(O)cc(C(=O)NC2CCCCN(C(=O)C3CCC(=O)N(C)C3)C2)c1. The van der Waals surface area contributed by atoms with Gasteiger partial charge in [-0.2, -0.15) is 0 Å². The van der Waals surface area contributed by atoms with E-state index >= 15 is 0 Å². The number of hydrogen-bond acceptors (Lipinski definition) is 4. The number of benzene rings is 1. The third kappa shape index (κ3) is 4.82. The molecule has 2 atom stereocenters. The van der Waals surface area contributed by atoms with E-state index in [0.29, 0.717) is 38.0 Å². The van der Waals surface area contributed by atoms with E-state index in [2.05, 4.69) is 5.32 Å². The van der Waals surface area contributed by atoms with Gasteiger partial charge < -0.3 is 20.2 Å². The van der Waals surface area contributed by atoms with Crippen LogP contribution in [0.4, 0.5) is 0 Å². The second-order valence-corrected chi connectivity index (χ2v) is 8.02. The van der Waals surface area contributed by atoms with E-state index in [1.54, 1.807) is 24.1 Å². The third-order valence-corrected chi connectivity index (χ3v) is 5.62. The number of aromatic hydroxyl groups is 1. The molecule has 7 nitrogen and oxygen atoms in total. The number of rotatable bonds is 3. The van der Waals surface area contributed by atoms with Gasteiger partial charge in [0.2, 0.25) is 11.8 Å². The Bertz CT molecular complexity index is 744. The summed E-state index contributed by atoms with van der Waals surface area (Å²) in [4.78, 5) is 40.8. The first-order valence-electron chi connectivity index (χ1n) is 9.98. The summed E-state index contributed by atoms with van der Waals surface area (Å²) >= 11 is 0. The summed E-state index contributed by atoms with van der Waals surface area (Å²) in [6, 6.07) is 4.68. The van der Waals surface area contributed by atoms with Crippen LogP contribution in [0.2, 0.25) is 0 Å². The molecule has 28 heavy (non-hydrogen) atoms. The van der Waals surface area contributed by atoms with Crippen molar-refractivity contribution >= 4 is 17.7 Å². The Balaban J connectivity index is 1.64. The monoisotopic (exact) mass is 387 g/mol. The van der Waals surface area contributed by atoms with E-state index < -0.39 is 0 Å². The Hall–Kier alpha value is -2.57. The number of carbonyl (C=O) groups is 3. The van der Waals surface area contributed by atoms with Crippen LogP contribution in [0.15, 0.2) is 18.2 Å². The van der Waals surface area contributed by atoms with Crippen LogP contribution in [-0.4, -0.2) is 65.4 Å². The fourth-order valence-corrected chi connectivity index (χ4v) is 4.09. The average molecular weight is 387 g/mol. The first-order valence-corrected chi connectivity index (χ1v) is 9.98. The highest BCUT2D eigenvalue weighted by Gasteiger charge is 2.33. The van der Waals surface area contributed by atoms with Gasteiger partial charge in [-0.1, -0.05) is 0 Å².